The van der Waals surface area contributed by atoms with Gasteiger partial charge in [-0.25, -0.2) is 4.98 Å². The van der Waals surface area contributed by atoms with E-state index in [-0.39, 0.29) is 6.04 Å². The summed E-state index contributed by atoms with van der Waals surface area (Å²) in [5.41, 5.74) is 3.66. The van der Waals surface area contributed by atoms with Gasteiger partial charge in [-0.15, -0.1) is 0 Å². The van der Waals surface area contributed by atoms with Gasteiger partial charge in [0.1, 0.15) is 5.52 Å². The second-order valence-corrected chi connectivity index (χ2v) is 7.78. The number of allylic oxidation sites excluding steroid dienone is 2. The monoisotopic (exact) mass is 402 g/mol. The van der Waals surface area contributed by atoms with Gasteiger partial charge in [-0.05, 0) is 37.7 Å². The summed E-state index contributed by atoms with van der Waals surface area (Å²) in [6.07, 6.45) is 11.1. The maximum atomic E-state index is 4.56. The zero-order chi connectivity index (χ0) is 20.3. The third kappa shape index (κ3) is 4.13. The van der Waals surface area contributed by atoms with Crippen molar-refractivity contribution in [3.05, 3.63) is 54.8 Å². The minimum absolute atomic E-state index is 0.236. The molecule has 3 heterocycles. The van der Waals surface area contributed by atoms with Gasteiger partial charge in [0, 0.05) is 37.6 Å². The Labute approximate surface area is 175 Å². The van der Waals surface area contributed by atoms with Crippen LogP contribution in [0.15, 0.2) is 54.8 Å². The molecule has 1 fully saturated rings. The number of anilines is 4. The molecule has 2 aromatic heterocycles. The second kappa shape index (κ2) is 8.16. The fraction of sp³-hybridized carbons (Fsp3) is 0.318. The summed E-state index contributed by atoms with van der Waals surface area (Å²) in [5.74, 6) is 1.24. The fourth-order valence-electron chi connectivity index (χ4n) is 3.75. The molecule has 0 amide bonds. The van der Waals surface area contributed by atoms with Gasteiger partial charge in [0.25, 0.3) is 0 Å². The van der Waals surface area contributed by atoms with Crippen LogP contribution >= 0.6 is 0 Å². The Kier molecular flexibility index (Phi) is 5.06. The predicted molar refractivity (Wildman–Crippen MR) is 121 cm³/mol. The number of H-pyrrole nitrogens is 1. The van der Waals surface area contributed by atoms with Gasteiger partial charge in [0.05, 0.1) is 12.2 Å². The zero-order valence-electron chi connectivity index (χ0n) is 17.0. The number of nitrogens with one attached hydrogen (secondary N) is 3. The van der Waals surface area contributed by atoms with Crippen LogP contribution in [0.1, 0.15) is 6.42 Å². The highest BCUT2D eigenvalue weighted by atomic mass is 15.2. The number of likely N-dealkylation sites (N-methyl/N-ethyl adjacent to an activating group) is 1. The van der Waals surface area contributed by atoms with E-state index < -0.39 is 0 Å². The van der Waals surface area contributed by atoms with Crippen LogP contribution in [0.25, 0.3) is 11.2 Å². The topological polar surface area (TPSA) is 85.0 Å². The number of benzene rings is 1. The number of rotatable bonds is 5. The summed E-state index contributed by atoms with van der Waals surface area (Å²) < 4.78 is 0. The summed E-state index contributed by atoms with van der Waals surface area (Å²) in [4.78, 5) is 21.6. The Morgan fingerprint density at radius 1 is 1.03 bits per heavy atom. The molecule has 1 atom stereocenters. The molecule has 8 nitrogen and oxygen atoms in total. The molecule has 5 rings (SSSR count). The van der Waals surface area contributed by atoms with E-state index in [0.29, 0.717) is 17.5 Å². The van der Waals surface area contributed by atoms with Crippen molar-refractivity contribution >= 4 is 34.4 Å². The van der Waals surface area contributed by atoms with Crippen LogP contribution in [0.4, 0.5) is 23.3 Å². The minimum Gasteiger partial charge on any atom is -0.369 e. The largest absolute Gasteiger partial charge is 0.369 e. The average molecular weight is 403 g/mol. The summed E-state index contributed by atoms with van der Waals surface area (Å²) in [5, 5.41) is 6.66. The van der Waals surface area contributed by atoms with Crippen LogP contribution in [0, 0.1) is 0 Å². The molecule has 30 heavy (non-hydrogen) atoms. The van der Waals surface area contributed by atoms with E-state index in [0.717, 1.165) is 43.8 Å². The normalized spacial score (nSPS) is 19.4. The predicted octanol–water partition coefficient (Wildman–Crippen LogP) is 3.14. The molecule has 2 aliphatic rings. The maximum absolute atomic E-state index is 4.56. The molecule has 1 aliphatic heterocycles. The molecule has 1 aliphatic carbocycles. The molecule has 1 aromatic carbocycles. The van der Waals surface area contributed by atoms with Gasteiger partial charge in [0.2, 0.25) is 11.9 Å². The summed E-state index contributed by atoms with van der Waals surface area (Å²) in [6, 6.07) is 8.67. The third-order valence-corrected chi connectivity index (χ3v) is 5.53. The molecule has 0 bridgehead atoms. The van der Waals surface area contributed by atoms with E-state index in [1.807, 2.05) is 6.08 Å². The lowest BCUT2D eigenvalue weighted by Gasteiger charge is -2.34. The Balaban J connectivity index is 1.26. The number of fused-ring (bicyclic) bond motifs is 1. The number of piperazine rings is 1. The Morgan fingerprint density at radius 3 is 2.63 bits per heavy atom. The molecule has 3 aromatic rings. The van der Waals surface area contributed by atoms with Crippen LogP contribution in [0.3, 0.4) is 0 Å². The molecule has 1 unspecified atom stereocenters. The van der Waals surface area contributed by atoms with Crippen molar-refractivity contribution in [2.24, 2.45) is 0 Å². The van der Waals surface area contributed by atoms with Gasteiger partial charge in [-0.2, -0.15) is 9.97 Å². The lowest BCUT2D eigenvalue weighted by molar-refractivity contribution is 0.313. The first kappa shape index (κ1) is 18.6. The summed E-state index contributed by atoms with van der Waals surface area (Å²) in [6.45, 7) is 4.32. The number of aromatic amines is 1. The zero-order valence-corrected chi connectivity index (χ0v) is 17.0. The summed E-state index contributed by atoms with van der Waals surface area (Å²) in [7, 11) is 2.17. The van der Waals surface area contributed by atoms with Crippen LogP contribution in [-0.2, 0) is 0 Å². The van der Waals surface area contributed by atoms with Gasteiger partial charge in [-0.1, -0.05) is 24.3 Å². The van der Waals surface area contributed by atoms with Gasteiger partial charge < -0.3 is 25.4 Å². The Morgan fingerprint density at radius 2 is 1.87 bits per heavy atom. The highest BCUT2D eigenvalue weighted by molar-refractivity contribution is 5.74. The number of hydrogen-bond acceptors (Lipinski definition) is 7. The van der Waals surface area contributed by atoms with Crippen molar-refractivity contribution in [2.45, 2.75) is 12.5 Å². The highest BCUT2D eigenvalue weighted by Crippen LogP contribution is 2.22. The number of hydrogen-bond donors (Lipinski definition) is 3. The minimum atomic E-state index is 0.236. The lowest BCUT2D eigenvalue weighted by atomic mass is 10.1. The van der Waals surface area contributed by atoms with E-state index in [4.69, 9.17) is 0 Å². The maximum Gasteiger partial charge on any atom is 0.229 e. The van der Waals surface area contributed by atoms with Crippen LogP contribution < -0.4 is 15.5 Å². The first-order valence-corrected chi connectivity index (χ1v) is 10.4. The van der Waals surface area contributed by atoms with E-state index in [1.165, 1.54) is 5.69 Å². The average Bonchev–Trinajstić information content (AvgIpc) is 3.17. The van der Waals surface area contributed by atoms with Crippen LogP contribution in [0.2, 0.25) is 0 Å². The molecule has 0 saturated carbocycles. The van der Waals surface area contributed by atoms with Crippen molar-refractivity contribution in [1.82, 2.24) is 24.8 Å². The first-order chi connectivity index (χ1) is 14.7. The first-order valence-electron chi connectivity index (χ1n) is 10.4. The van der Waals surface area contributed by atoms with Crippen molar-refractivity contribution in [3.8, 4) is 0 Å². The van der Waals surface area contributed by atoms with E-state index >= 15 is 0 Å². The standard InChI is InChI=1S/C22H26N8/c1-29-11-13-30(14-12-29)18-9-7-17(8-10-18)24-21-23-15-19-20(27-21)28-22(26-19)25-16-5-3-2-4-6-16/h2-5,7-10,15-16H,6,11-14H2,1H3,(H3,23,24,25,26,27,28). The van der Waals surface area contributed by atoms with Crippen molar-refractivity contribution in [2.75, 3.05) is 48.8 Å². The van der Waals surface area contributed by atoms with E-state index in [9.17, 15) is 0 Å². The van der Waals surface area contributed by atoms with Crippen LogP contribution in [0.5, 0.6) is 0 Å². The number of aromatic nitrogens is 4. The summed E-state index contributed by atoms with van der Waals surface area (Å²) >= 11 is 0. The second-order valence-electron chi connectivity index (χ2n) is 7.78. The molecule has 154 valence electrons. The van der Waals surface area contributed by atoms with Gasteiger partial charge >= 0.3 is 0 Å². The van der Waals surface area contributed by atoms with Crippen molar-refractivity contribution < 1.29 is 0 Å². The SMILES string of the molecule is CN1CCN(c2ccc(Nc3ncc4[nH]c(NC5C=CC=CC5)nc4n3)cc2)CC1. The number of imidazole rings is 1. The molecular weight excluding hydrogens is 376 g/mol. The van der Waals surface area contributed by atoms with Crippen molar-refractivity contribution in [1.29, 1.82) is 0 Å². The van der Waals surface area contributed by atoms with E-state index in [1.54, 1.807) is 6.20 Å². The number of nitrogens with zero attached hydrogens (tertiary/aromatic N) is 5. The molecule has 0 spiro atoms. The van der Waals surface area contributed by atoms with Gasteiger partial charge in [0.15, 0.2) is 5.65 Å². The lowest BCUT2D eigenvalue weighted by Crippen LogP contribution is -2.44. The molecule has 3 N–H and O–H groups in total. The third-order valence-electron chi connectivity index (χ3n) is 5.53. The Hall–Kier alpha value is -3.39. The fourth-order valence-corrected chi connectivity index (χ4v) is 3.75. The quantitative estimate of drug-likeness (QED) is 0.604. The Bertz CT molecular complexity index is 1060. The highest BCUT2D eigenvalue weighted by Gasteiger charge is 2.14. The van der Waals surface area contributed by atoms with Crippen molar-refractivity contribution in [3.63, 3.8) is 0 Å². The van der Waals surface area contributed by atoms with E-state index in [2.05, 4.69) is 89.9 Å². The molecule has 0 radical (unpaired) electrons. The smallest absolute Gasteiger partial charge is 0.229 e. The molecule has 1 saturated heterocycles. The molecule has 8 heteroatoms. The van der Waals surface area contributed by atoms with Crippen LogP contribution in [-0.4, -0.2) is 64.1 Å². The molecular formula is C22H26N8. The van der Waals surface area contributed by atoms with Gasteiger partial charge in [-0.3, -0.25) is 0 Å².